The third-order valence-corrected chi connectivity index (χ3v) is 2.63. The van der Waals surface area contributed by atoms with Crippen molar-refractivity contribution in [1.29, 1.82) is 5.26 Å². The van der Waals surface area contributed by atoms with Gasteiger partial charge in [0.2, 0.25) is 0 Å². The lowest BCUT2D eigenvalue weighted by atomic mass is 9.99. The standard InChI is InChI=1S/C14H12N2O/c1-10-8-16-9-14(13(10)7-15)11-4-3-5-12(6-11)17-2/h3-6,8-9H,1-2H3. The van der Waals surface area contributed by atoms with Crippen molar-refractivity contribution in [3.63, 3.8) is 0 Å². The van der Waals surface area contributed by atoms with Gasteiger partial charge in [0.05, 0.1) is 12.7 Å². The summed E-state index contributed by atoms with van der Waals surface area (Å²) >= 11 is 0. The van der Waals surface area contributed by atoms with Crippen molar-refractivity contribution in [3.8, 4) is 22.9 Å². The molecule has 0 aliphatic rings. The van der Waals surface area contributed by atoms with Crippen molar-refractivity contribution < 1.29 is 4.74 Å². The fourth-order valence-electron chi connectivity index (χ4n) is 1.72. The molecule has 0 fully saturated rings. The molecule has 0 spiro atoms. The Labute approximate surface area is 100 Å². The number of aromatic nitrogens is 1. The van der Waals surface area contributed by atoms with Gasteiger partial charge in [-0.1, -0.05) is 12.1 Å². The lowest BCUT2D eigenvalue weighted by Crippen LogP contribution is -1.91. The number of nitrogens with zero attached hydrogens (tertiary/aromatic N) is 2. The predicted octanol–water partition coefficient (Wildman–Crippen LogP) is 2.94. The van der Waals surface area contributed by atoms with E-state index < -0.39 is 0 Å². The van der Waals surface area contributed by atoms with Crippen molar-refractivity contribution in [3.05, 3.63) is 47.8 Å². The number of hydrogen-bond donors (Lipinski definition) is 0. The van der Waals surface area contributed by atoms with Crippen LogP contribution in [-0.2, 0) is 0 Å². The van der Waals surface area contributed by atoms with E-state index in [1.807, 2.05) is 31.2 Å². The molecule has 0 bridgehead atoms. The summed E-state index contributed by atoms with van der Waals surface area (Å²) in [5, 5.41) is 9.18. The number of rotatable bonds is 2. The van der Waals surface area contributed by atoms with Crippen LogP contribution in [-0.4, -0.2) is 12.1 Å². The van der Waals surface area contributed by atoms with E-state index in [-0.39, 0.29) is 0 Å². The average molecular weight is 224 g/mol. The van der Waals surface area contributed by atoms with Crippen LogP contribution in [0.5, 0.6) is 5.75 Å². The molecular weight excluding hydrogens is 212 g/mol. The van der Waals surface area contributed by atoms with E-state index in [4.69, 9.17) is 4.74 Å². The van der Waals surface area contributed by atoms with Crippen LogP contribution in [0.4, 0.5) is 0 Å². The van der Waals surface area contributed by atoms with Crippen LogP contribution >= 0.6 is 0 Å². The van der Waals surface area contributed by atoms with Gasteiger partial charge in [-0.25, -0.2) is 0 Å². The third kappa shape index (κ3) is 2.11. The first kappa shape index (κ1) is 11.2. The molecule has 2 aromatic rings. The second-order valence-corrected chi connectivity index (χ2v) is 3.72. The first-order chi connectivity index (χ1) is 8.26. The maximum Gasteiger partial charge on any atom is 0.119 e. The number of hydrogen-bond acceptors (Lipinski definition) is 3. The molecule has 0 aliphatic carbocycles. The summed E-state index contributed by atoms with van der Waals surface area (Å²) in [4.78, 5) is 4.13. The summed E-state index contributed by atoms with van der Waals surface area (Å²) in [5.41, 5.74) is 3.32. The van der Waals surface area contributed by atoms with Gasteiger partial charge in [-0.2, -0.15) is 5.26 Å². The Balaban J connectivity index is 2.61. The smallest absolute Gasteiger partial charge is 0.119 e. The molecule has 0 radical (unpaired) electrons. The summed E-state index contributed by atoms with van der Waals surface area (Å²) in [6, 6.07) is 9.84. The Morgan fingerprint density at radius 1 is 1.29 bits per heavy atom. The van der Waals surface area contributed by atoms with Crippen LogP contribution in [0.25, 0.3) is 11.1 Å². The number of benzene rings is 1. The van der Waals surface area contributed by atoms with Crippen LogP contribution in [0.2, 0.25) is 0 Å². The Kier molecular flexibility index (Phi) is 3.06. The molecule has 0 aliphatic heterocycles. The first-order valence-electron chi connectivity index (χ1n) is 5.25. The Morgan fingerprint density at radius 3 is 2.82 bits per heavy atom. The number of methoxy groups -OCH3 is 1. The van der Waals surface area contributed by atoms with Crippen LogP contribution in [0, 0.1) is 18.3 Å². The minimum absolute atomic E-state index is 0.660. The second kappa shape index (κ2) is 4.67. The SMILES string of the molecule is COc1cccc(-c2cncc(C)c2C#N)c1. The van der Waals surface area contributed by atoms with Crippen molar-refractivity contribution >= 4 is 0 Å². The van der Waals surface area contributed by atoms with Gasteiger partial charge in [-0.05, 0) is 30.2 Å². The minimum atomic E-state index is 0.660. The molecule has 0 unspecified atom stereocenters. The van der Waals surface area contributed by atoms with E-state index in [1.165, 1.54) is 0 Å². The maximum atomic E-state index is 9.18. The van der Waals surface area contributed by atoms with Gasteiger partial charge in [-0.3, -0.25) is 4.98 Å². The molecule has 0 saturated carbocycles. The van der Waals surface area contributed by atoms with E-state index in [0.29, 0.717) is 5.56 Å². The summed E-state index contributed by atoms with van der Waals surface area (Å²) < 4.78 is 5.18. The summed E-state index contributed by atoms with van der Waals surface area (Å²) in [6.07, 6.45) is 3.41. The lowest BCUT2D eigenvalue weighted by molar-refractivity contribution is 0.415. The molecule has 0 amide bonds. The minimum Gasteiger partial charge on any atom is -0.497 e. The average Bonchev–Trinajstić information content (AvgIpc) is 2.38. The molecule has 3 nitrogen and oxygen atoms in total. The van der Waals surface area contributed by atoms with Crippen LogP contribution in [0.3, 0.4) is 0 Å². The van der Waals surface area contributed by atoms with Crippen molar-refractivity contribution in [2.24, 2.45) is 0 Å². The number of aryl methyl sites for hydroxylation is 1. The first-order valence-corrected chi connectivity index (χ1v) is 5.25. The largest absolute Gasteiger partial charge is 0.497 e. The molecule has 0 saturated heterocycles. The molecular formula is C14H12N2O. The quantitative estimate of drug-likeness (QED) is 0.787. The van der Waals surface area contributed by atoms with Crippen molar-refractivity contribution in [2.45, 2.75) is 6.92 Å². The number of ether oxygens (including phenoxy) is 1. The van der Waals surface area contributed by atoms with Crippen molar-refractivity contribution in [1.82, 2.24) is 4.98 Å². The fourth-order valence-corrected chi connectivity index (χ4v) is 1.72. The highest BCUT2D eigenvalue weighted by molar-refractivity contribution is 5.71. The van der Waals surface area contributed by atoms with E-state index in [9.17, 15) is 5.26 Å². The van der Waals surface area contributed by atoms with Gasteiger partial charge < -0.3 is 4.74 Å². The topological polar surface area (TPSA) is 45.9 Å². The Hall–Kier alpha value is -2.34. The zero-order valence-corrected chi connectivity index (χ0v) is 9.77. The number of nitriles is 1. The van der Waals surface area contributed by atoms with Gasteiger partial charge >= 0.3 is 0 Å². The highest BCUT2D eigenvalue weighted by atomic mass is 16.5. The van der Waals surface area contributed by atoms with E-state index in [1.54, 1.807) is 19.5 Å². The molecule has 3 heteroatoms. The molecule has 84 valence electrons. The normalized spacial score (nSPS) is 9.71. The molecule has 2 rings (SSSR count). The van der Waals surface area contributed by atoms with Gasteiger partial charge in [0.1, 0.15) is 11.8 Å². The Bertz CT molecular complexity index is 585. The fraction of sp³-hybridized carbons (Fsp3) is 0.143. The molecule has 17 heavy (non-hydrogen) atoms. The van der Waals surface area contributed by atoms with E-state index in [0.717, 1.165) is 22.4 Å². The van der Waals surface area contributed by atoms with Gasteiger partial charge in [-0.15, -0.1) is 0 Å². The lowest BCUT2D eigenvalue weighted by Gasteiger charge is -2.07. The van der Waals surface area contributed by atoms with Crippen LogP contribution in [0.1, 0.15) is 11.1 Å². The van der Waals surface area contributed by atoms with E-state index in [2.05, 4.69) is 11.1 Å². The monoisotopic (exact) mass is 224 g/mol. The maximum absolute atomic E-state index is 9.18. The summed E-state index contributed by atoms with van der Waals surface area (Å²) in [6.45, 7) is 1.88. The number of pyridine rings is 1. The molecule has 1 aromatic carbocycles. The van der Waals surface area contributed by atoms with Gasteiger partial charge in [0, 0.05) is 18.0 Å². The zero-order valence-electron chi connectivity index (χ0n) is 9.77. The van der Waals surface area contributed by atoms with Crippen LogP contribution < -0.4 is 4.74 Å². The molecule has 1 aromatic heterocycles. The molecule has 0 N–H and O–H groups in total. The van der Waals surface area contributed by atoms with E-state index >= 15 is 0 Å². The highest BCUT2D eigenvalue weighted by Crippen LogP contribution is 2.27. The predicted molar refractivity (Wildman–Crippen MR) is 65.7 cm³/mol. The van der Waals surface area contributed by atoms with Gasteiger partial charge in [0.15, 0.2) is 0 Å². The van der Waals surface area contributed by atoms with Crippen LogP contribution in [0.15, 0.2) is 36.7 Å². The zero-order chi connectivity index (χ0) is 12.3. The second-order valence-electron chi connectivity index (χ2n) is 3.72. The van der Waals surface area contributed by atoms with Crippen molar-refractivity contribution in [2.75, 3.05) is 7.11 Å². The third-order valence-electron chi connectivity index (χ3n) is 2.63. The highest BCUT2D eigenvalue weighted by Gasteiger charge is 2.08. The molecule has 0 atom stereocenters. The summed E-state index contributed by atoms with van der Waals surface area (Å²) in [7, 11) is 1.62. The van der Waals surface area contributed by atoms with Gasteiger partial charge in [0.25, 0.3) is 0 Å². The molecule has 1 heterocycles. The summed E-state index contributed by atoms with van der Waals surface area (Å²) in [5.74, 6) is 0.771. The Morgan fingerprint density at radius 2 is 2.12 bits per heavy atom.